The first-order valence-electron chi connectivity index (χ1n) is 6.09. The number of allylic oxidation sites excluding steroid dienone is 8. The van der Waals surface area contributed by atoms with E-state index < -0.39 is 0 Å². The van der Waals surface area contributed by atoms with Crippen molar-refractivity contribution in [3.8, 4) is 0 Å². The summed E-state index contributed by atoms with van der Waals surface area (Å²) in [4.78, 5) is 0. The highest BCUT2D eigenvalue weighted by atomic mass is 14.0. The Labute approximate surface area is 94.1 Å². The van der Waals surface area contributed by atoms with Gasteiger partial charge in [-0.15, -0.1) is 0 Å². The van der Waals surface area contributed by atoms with E-state index in [4.69, 9.17) is 0 Å². The van der Waals surface area contributed by atoms with Crippen LogP contribution >= 0.6 is 0 Å². The number of unbranched alkanes of at least 4 members (excludes halogenated alkanes) is 2. The summed E-state index contributed by atoms with van der Waals surface area (Å²) in [5, 5.41) is 0. The van der Waals surface area contributed by atoms with Crippen molar-refractivity contribution in [3.05, 3.63) is 48.1 Å². The Kier molecular flexibility index (Phi) is 6.64. The van der Waals surface area contributed by atoms with Crippen molar-refractivity contribution >= 4 is 0 Å². The highest BCUT2D eigenvalue weighted by Crippen LogP contribution is 2.17. The van der Waals surface area contributed by atoms with Crippen LogP contribution in [0.2, 0.25) is 0 Å². The lowest BCUT2D eigenvalue weighted by atomic mass is 10.1. The van der Waals surface area contributed by atoms with Crippen molar-refractivity contribution in [3.63, 3.8) is 0 Å². The molecule has 0 fully saturated rings. The van der Waals surface area contributed by atoms with Gasteiger partial charge in [0.25, 0.3) is 0 Å². The third-order valence-corrected chi connectivity index (χ3v) is 2.59. The Hall–Kier alpha value is -1.04. The zero-order valence-electron chi connectivity index (χ0n) is 9.78. The molecule has 0 aliphatic heterocycles. The van der Waals surface area contributed by atoms with Crippen molar-refractivity contribution in [2.24, 2.45) is 0 Å². The molecule has 0 aromatic carbocycles. The Morgan fingerprint density at radius 1 is 1.20 bits per heavy atom. The van der Waals surface area contributed by atoms with Gasteiger partial charge in [-0.1, -0.05) is 55.0 Å². The van der Waals surface area contributed by atoms with E-state index in [-0.39, 0.29) is 0 Å². The van der Waals surface area contributed by atoms with Crippen LogP contribution in [0, 0.1) is 0 Å². The molecule has 0 aromatic heterocycles. The maximum atomic E-state index is 2.27. The minimum absolute atomic E-state index is 1.13. The van der Waals surface area contributed by atoms with Crippen LogP contribution in [0.15, 0.2) is 48.1 Å². The predicted molar refractivity (Wildman–Crippen MR) is 68.9 cm³/mol. The van der Waals surface area contributed by atoms with E-state index in [2.05, 4.69) is 49.5 Å². The third kappa shape index (κ3) is 6.11. The topological polar surface area (TPSA) is 0 Å². The molecule has 0 saturated carbocycles. The fourth-order valence-corrected chi connectivity index (χ4v) is 1.68. The van der Waals surface area contributed by atoms with Gasteiger partial charge in [0, 0.05) is 0 Å². The van der Waals surface area contributed by atoms with Gasteiger partial charge in [-0.05, 0) is 38.5 Å². The van der Waals surface area contributed by atoms with E-state index in [9.17, 15) is 0 Å². The fraction of sp³-hybridized carbons (Fsp3) is 0.467. The largest absolute Gasteiger partial charge is 0.0848 e. The summed E-state index contributed by atoms with van der Waals surface area (Å²) in [6, 6.07) is 0. The van der Waals surface area contributed by atoms with Gasteiger partial charge in [-0.3, -0.25) is 0 Å². The van der Waals surface area contributed by atoms with Gasteiger partial charge in [-0.2, -0.15) is 0 Å². The molecule has 82 valence electrons. The summed E-state index contributed by atoms with van der Waals surface area (Å²) in [6.07, 6.45) is 22.9. The van der Waals surface area contributed by atoms with Crippen LogP contribution in [-0.4, -0.2) is 0 Å². The quantitative estimate of drug-likeness (QED) is 0.404. The fourth-order valence-electron chi connectivity index (χ4n) is 1.68. The van der Waals surface area contributed by atoms with E-state index in [0.717, 1.165) is 6.42 Å². The second kappa shape index (κ2) is 8.28. The van der Waals surface area contributed by atoms with Crippen molar-refractivity contribution in [1.82, 2.24) is 0 Å². The first kappa shape index (κ1) is 12.0. The maximum absolute atomic E-state index is 2.27. The molecule has 0 radical (unpaired) electrons. The standard InChI is InChI=1S/C15H22/c1-2-3-4-5-6-7-8-9-12-15-13-10-11-14-15/h3-6,10-11,13H,2,7-9,12,14H2,1H3/b4-3-,6-5-. The molecule has 15 heavy (non-hydrogen) atoms. The Bertz CT molecular complexity index is 264. The van der Waals surface area contributed by atoms with Gasteiger partial charge in [0.05, 0.1) is 0 Å². The smallest absolute Gasteiger partial charge is 0.0133 e. The van der Waals surface area contributed by atoms with Crippen LogP contribution < -0.4 is 0 Å². The normalized spacial score (nSPS) is 15.7. The van der Waals surface area contributed by atoms with Crippen molar-refractivity contribution in [2.75, 3.05) is 0 Å². The molecule has 0 amide bonds. The summed E-state index contributed by atoms with van der Waals surface area (Å²) in [6.45, 7) is 2.16. The second-order valence-electron chi connectivity index (χ2n) is 3.97. The van der Waals surface area contributed by atoms with Crippen LogP contribution in [0.1, 0.15) is 45.4 Å². The molecule has 0 N–H and O–H groups in total. The van der Waals surface area contributed by atoms with E-state index >= 15 is 0 Å². The van der Waals surface area contributed by atoms with Gasteiger partial charge in [0.2, 0.25) is 0 Å². The molecule has 0 heteroatoms. The van der Waals surface area contributed by atoms with Crippen LogP contribution in [-0.2, 0) is 0 Å². The third-order valence-electron chi connectivity index (χ3n) is 2.59. The van der Waals surface area contributed by atoms with Gasteiger partial charge in [0.1, 0.15) is 0 Å². The lowest BCUT2D eigenvalue weighted by molar-refractivity contribution is 0.736. The first-order valence-corrected chi connectivity index (χ1v) is 6.09. The highest BCUT2D eigenvalue weighted by molar-refractivity contribution is 5.22. The number of rotatable bonds is 7. The molecule has 0 atom stereocenters. The zero-order chi connectivity index (χ0) is 10.8. The van der Waals surface area contributed by atoms with E-state index in [0.29, 0.717) is 0 Å². The van der Waals surface area contributed by atoms with Gasteiger partial charge >= 0.3 is 0 Å². The summed E-state index contributed by atoms with van der Waals surface area (Å²) in [5.74, 6) is 0. The monoisotopic (exact) mass is 202 g/mol. The van der Waals surface area contributed by atoms with E-state index in [1.54, 1.807) is 5.57 Å². The molecular formula is C15H22. The first-order chi connectivity index (χ1) is 7.43. The molecule has 0 aromatic rings. The minimum atomic E-state index is 1.13. The van der Waals surface area contributed by atoms with Crippen molar-refractivity contribution < 1.29 is 0 Å². The molecule has 1 aliphatic carbocycles. The number of hydrogen-bond donors (Lipinski definition) is 0. The van der Waals surface area contributed by atoms with Crippen LogP contribution in [0.5, 0.6) is 0 Å². The van der Waals surface area contributed by atoms with Crippen LogP contribution in [0.3, 0.4) is 0 Å². The van der Waals surface area contributed by atoms with E-state index in [1.807, 2.05) is 0 Å². The van der Waals surface area contributed by atoms with Gasteiger partial charge < -0.3 is 0 Å². The summed E-state index contributed by atoms with van der Waals surface area (Å²) >= 11 is 0. The summed E-state index contributed by atoms with van der Waals surface area (Å²) in [7, 11) is 0. The Morgan fingerprint density at radius 2 is 2.07 bits per heavy atom. The van der Waals surface area contributed by atoms with Crippen molar-refractivity contribution in [1.29, 1.82) is 0 Å². The lowest BCUT2D eigenvalue weighted by Crippen LogP contribution is -1.79. The molecule has 0 bridgehead atoms. The molecule has 0 spiro atoms. The summed E-state index contributed by atoms with van der Waals surface area (Å²) in [5.41, 5.74) is 1.60. The van der Waals surface area contributed by atoms with Crippen LogP contribution in [0.4, 0.5) is 0 Å². The Balaban J connectivity index is 1.93. The number of hydrogen-bond acceptors (Lipinski definition) is 0. The molecule has 0 saturated heterocycles. The van der Waals surface area contributed by atoms with Crippen molar-refractivity contribution in [2.45, 2.75) is 45.4 Å². The average molecular weight is 202 g/mol. The second-order valence-corrected chi connectivity index (χ2v) is 3.97. The highest BCUT2D eigenvalue weighted by Gasteiger charge is 1.97. The SMILES string of the molecule is CC/C=C\C=C/CCCCC1=CC=CC1. The predicted octanol–water partition coefficient (Wildman–Crippen LogP) is 4.96. The zero-order valence-corrected chi connectivity index (χ0v) is 9.78. The Morgan fingerprint density at radius 3 is 2.80 bits per heavy atom. The lowest BCUT2D eigenvalue weighted by Gasteiger charge is -1.99. The van der Waals surface area contributed by atoms with Crippen LogP contribution in [0.25, 0.3) is 0 Å². The van der Waals surface area contributed by atoms with E-state index in [1.165, 1.54) is 32.1 Å². The molecule has 0 heterocycles. The molecule has 0 unspecified atom stereocenters. The molecular weight excluding hydrogens is 180 g/mol. The minimum Gasteiger partial charge on any atom is -0.0848 e. The molecule has 0 nitrogen and oxygen atoms in total. The average Bonchev–Trinajstić information content (AvgIpc) is 2.75. The van der Waals surface area contributed by atoms with Gasteiger partial charge in [-0.25, -0.2) is 0 Å². The maximum Gasteiger partial charge on any atom is -0.0133 e. The summed E-state index contributed by atoms with van der Waals surface area (Å²) < 4.78 is 0. The molecule has 1 rings (SSSR count). The molecule has 1 aliphatic rings. The van der Waals surface area contributed by atoms with Gasteiger partial charge in [0.15, 0.2) is 0 Å².